The zero-order valence-electron chi connectivity index (χ0n) is 20.2. The minimum absolute atomic E-state index is 0.0799. The predicted octanol–water partition coefficient (Wildman–Crippen LogP) is 4.42. The van der Waals surface area contributed by atoms with Crippen molar-refractivity contribution in [2.45, 2.75) is 56.9 Å². The van der Waals surface area contributed by atoms with Crippen LogP contribution in [0.4, 0.5) is 10.1 Å². The molecule has 0 saturated carbocycles. The van der Waals surface area contributed by atoms with Crippen LogP contribution in [0.1, 0.15) is 45.1 Å². The van der Waals surface area contributed by atoms with Gasteiger partial charge in [0.25, 0.3) is 0 Å². The number of nitrogens with zero attached hydrogens (tertiary/aromatic N) is 2. The van der Waals surface area contributed by atoms with Gasteiger partial charge in [-0.2, -0.15) is 4.31 Å². The van der Waals surface area contributed by atoms with Gasteiger partial charge in [-0.3, -0.25) is 9.69 Å². The van der Waals surface area contributed by atoms with Crippen molar-refractivity contribution in [3.05, 3.63) is 59.9 Å². The topological polar surface area (TPSA) is 69.7 Å². The fourth-order valence-corrected chi connectivity index (χ4v) is 7.09. The van der Waals surface area contributed by atoms with E-state index in [1.165, 1.54) is 6.07 Å². The molecule has 0 aromatic heterocycles. The summed E-state index contributed by atoms with van der Waals surface area (Å²) in [6.45, 7) is 7.87. The quantitative estimate of drug-likeness (QED) is 0.678. The summed E-state index contributed by atoms with van der Waals surface area (Å²) in [5, 5.41) is 2.82. The van der Waals surface area contributed by atoms with E-state index in [2.05, 4.69) is 10.2 Å². The lowest BCUT2D eigenvalue weighted by molar-refractivity contribution is -0.118. The molecule has 6 nitrogen and oxygen atoms in total. The summed E-state index contributed by atoms with van der Waals surface area (Å²) in [7, 11) is -3.59. The maximum Gasteiger partial charge on any atom is 0.243 e. The Hall–Kier alpha value is -2.29. The monoisotopic (exact) mass is 487 g/mol. The highest BCUT2D eigenvalue weighted by molar-refractivity contribution is 7.89. The number of piperidine rings is 2. The maximum atomic E-state index is 13.8. The van der Waals surface area contributed by atoms with Crippen LogP contribution in [0.2, 0.25) is 0 Å². The van der Waals surface area contributed by atoms with Gasteiger partial charge in [-0.15, -0.1) is 0 Å². The molecule has 34 heavy (non-hydrogen) atoms. The molecule has 2 aliphatic rings. The fraction of sp³-hybridized carbons (Fsp3) is 0.500. The predicted molar refractivity (Wildman–Crippen MR) is 132 cm³/mol. The largest absolute Gasteiger partial charge is 0.325 e. The summed E-state index contributed by atoms with van der Waals surface area (Å²) in [5.41, 5.74) is 0.399. The first-order valence-electron chi connectivity index (χ1n) is 11.9. The third-order valence-electron chi connectivity index (χ3n) is 7.58. The Kier molecular flexibility index (Phi) is 6.86. The van der Waals surface area contributed by atoms with Crippen LogP contribution in [0.3, 0.4) is 0 Å². The van der Waals surface area contributed by atoms with E-state index in [1.54, 1.807) is 47.6 Å². The van der Waals surface area contributed by atoms with E-state index in [0.717, 1.165) is 38.8 Å². The van der Waals surface area contributed by atoms with Gasteiger partial charge in [0.2, 0.25) is 15.9 Å². The first-order chi connectivity index (χ1) is 16.0. The fourth-order valence-electron chi connectivity index (χ4n) is 5.15. The molecular weight excluding hydrogens is 453 g/mol. The third kappa shape index (κ3) is 5.04. The Morgan fingerprint density at radius 2 is 1.68 bits per heavy atom. The number of carbonyl (C=O) groups excluding carboxylic acids is 1. The minimum atomic E-state index is -3.59. The zero-order chi connectivity index (χ0) is 24.6. The highest BCUT2D eigenvalue weighted by atomic mass is 32.2. The number of sulfonamides is 1. The van der Waals surface area contributed by atoms with E-state index in [-0.39, 0.29) is 23.7 Å². The molecule has 2 heterocycles. The van der Waals surface area contributed by atoms with Crippen molar-refractivity contribution < 1.29 is 17.6 Å². The normalized spacial score (nSPS) is 20.8. The van der Waals surface area contributed by atoms with E-state index in [9.17, 15) is 17.6 Å². The van der Waals surface area contributed by atoms with Crippen LogP contribution in [0, 0.1) is 18.2 Å². The Balaban J connectivity index is 1.40. The summed E-state index contributed by atoms with van der Waals surface area (Å²) in [4.78, 5) is 15.0. The summed E-state index contributed by atoms with van der Waals surface area (Å²) in [6.07, 6.45) is 3.47. The van der Waals surface area contributed by atoms with Gasteiger partial charge in [0.1, 0.15) is 5.82 Å². The summed E-state index contributed by atoms with van der Waals surface area (Å²) in [5.74, 6) is -0.504. The van der Waals surface area contributed by atoms with Crippen LogP contribution in [0.25, 0.3) is 0 Å². The molecule has 4 rings (SSSR count). The molecule has 8 heteroatoms. The highest BCUT2D eigenvalue weighted by Gasteiger charge is 2.49. The van der Waals surface area contributed by atoms with Crippen LogP contribution in [-0.2, 0) is 14.8 Å². The molecule has 2 fully saturated rings. The number of benzene rings is 2. The van der Waals surface area contributed by atoms with Crippen LogP contribution >= 0.6 is 0 Å². The number of anilines is 1. The highest BCUT2D eigenvalue weighted by Crippen LogP contribution is 2.46. The van der Waals surface area contributed by atoms with Gasteiger partial charge in [-0.1, -0.05) is 24.3 Å². The second-order valence-electron chi connectivity index (χ2n) is 10.4. The average molecular weight is 488 g/mol. The molecule has 2 saturated heterocycles. The van der Waals surface area contributed by atoms with Crippen molar-refractivity contribution in [3.63, 3.8) is 0 Å². The average Bonchev–Trinajstić information content (AvgIpc) is 2.81. The number of nitrogens with one attached hydrogen (secondary N) is 1. The number of amides is 1. The van der Waals surface area contributed by atoms with E-state index >= 15 is 0 Å². The number of rotatable bonds is 5. The number of carbonyl (C=O) groups is 1. The molecule has 1 N–H and O–H groups in total. The van der Waals surface area contributed by atoms with E-state index in [1.807, 2.05) is 19.9 Å². The molecule has 0 aliphatic carbocycles. The molecule has 1 spiro atoms. The van der Waals surface area contributed by atoms with Crippen molar-refractivity contribution in [1.82, 2.24) is 9.21 Å². The lowest BCUT2D eigenvalue weighted by Gasteiger charge is -2.53. The molecule has 2 aromatic rings. The molecule has 0 unspecified atom stereocenters. The Morgan fingerprint density at radius 1 is 1.00 bits per heavy atom. The second-order valence-corrected chi connectivity index (χ2v) is 12.2. The van der Waals surface area contributed by atoms with Gasteiger partial charge in [0.15, 0.2) is 0 Å². The van der Waals surface area contributed by atoms with Crippen molar-refractivity contribution in [2.24, 2.45) is 5.41 Å². The minimum Gasteiger partial charge on any atom is -0.325 e. The van der Waals surface area contributed by atoms with Gasteiger partial charge in [0.05, 0.1) is 11.4 Å². The molecule has 184 valence electrons. The first kappa shape index (κ1) is 24.8. The standard InChI is InChI=1S/C26H34FN3O3S/c1-20-22(27)10-7-11-23(20)28-24(31)18-29-16-14-26(15-17-29)13-12-25(2,3)30(19-26)34(32,33)21-8-5-4-6-9-21/h4-11H,12-19H2,1-3H3,(H,28,31). The van der Waals surface area contributed by atoms with Crippen LogP contribution in [-0.4, -0.2) is 55.2 Å². The summed E-state index contributed by atoms with van der Waals surface area (Å²) >= 11 is 0. The van der Waals surface area contributed by atoms with Gasteiger partial charge < -0.3 is 5.32 Å². The Morgan fingerprint density at radius 3 is 2.35 bits per heavy atom. The summed E-state index contributed by atoms with van der Waals surface area (Å²) < 4.78 is 42.5. The molecule has 1 amide bonds. The number of hydrogen-bond donors (Lipinski definition) is 1. The lowest BCUT2D eigenvalue weighted by Crippen LogP contribution is -2.59. The molecule has 2 aliphatic heterocycles. The van der Waals surface area contributed by atoms with Crippen LogP contribution in [0.5, 0.6) is 0 Å². The van der Waals surface area contributed by atoms with Gasteiger partial charge in [0, 0.05) is 23.3 Å². The second kappa shape index (κ2) is 9.40. The molecular formula is C26H34FN3O3S. The zero-order valence-corrected chi connectivity index (χ0v) is 21.0. The van der Waals surface area contributed by atoms with Crippen LogP contribution < -0.4 is 5.32 Å². The molecule has 0 bridgehead atoms. The number of hydrogen-bond acceptors (Lipinski definition) is 4. The van der Waals surface area contributed by atoms with Crippen molar-refractivity contribution in [3.8, 4) is 0 Å². The lowest BCUT2D eigenvalue weighted by atomic mass is 9.69. The Bertz CT molecular complexity index is 1140. The summed E-state index contributed by atoms with van der Waals surface area (Å²) in [6, 6.07) is 13.3. The number of halogens is 1. The van der Waals surface area contributed by atoms with Crippen molar-refractivity contribution in [2.75, 3.05) is 31.5 Å². The van der Waals surface area contributed by atoms with E-state index < -0.39 is 15.6 Å². The third-order valence-corrected chi connectivity index (χ3v) is 9.65. The van der Waals surface area contributed by atoms with Gasteiger partial charge in [-0.05, 0) is 89.2 Å². The smallest absolute Gasteiger partial charge is 0.243 e. The SMILES string of the molecule is Cc1c(F)cccc1NC(=O)CN1CCC2(CC1)CCC(C)(C)N(S(=O)(=O)c1ccccc1)C2. The first-order valence-corrected chi connectivity index (χ1v) is 13.3. The van der Waals surface area contributed by atoms with Crippen molar-refractivity contribution >= 4 is 21.6 Å². The number of likely N-dealkylation sites (tertiary alicyclic amines) is 1. The Labute approximate surface area is 202 Å². The maximum absolute atomic E-state index is 13.8. The molecule has 2 aromatic carbocycles. The van der Waals surface area contributed by atoms with Crippen molar-refractivity contribution in [1.29, 1.82) is 0 Å². The molecule has 0 atom stereocenters. The van der Waals surface area contributed by atoms with Crippen LogP contribution in [0.15, 0.2) is 53.4 Å². The van der Waals surface area contributed by atoms with Gasteiger partial charge in [-0.25, -0.2) is 12.8 Å². The van der Waals surface area contributed by atoms with E-state index in [0.29, 0.717) is 22.7 Å². The van der Waals surface area contributed by atoms with E-state index in [4.69, 9.17) is 0 Å². The van der Waals surface area contributed by atoms with Gasteiger partial charge >= 0.3 is 0 Å². The molecule has 0 radical (unpaired) electrons.